The van der Waals surface area contributed by atoms with Crippen LogP contribution in [0.15, 0.2) is 10.7 Å². The lowest BCUT2D eigenvalue weighted by Gasteiger charge is -1.98. The van der Waals surface area contributed by atoms with E-state index in [1.54, 1.807) is 13.3 Å². The molecular weight excluding hydrogens is 208 g/mol. The van der Waals surface area contributed by atoms with Crippen molar-refractivity contribution in [3.63, 3.8) is 0 Å². The summed E-state index contributed by atoms with van der Waals surface area (Å²) in [6, 6.07) is 0. The monoisotopic (exact) mass is 218 g/mol. The molecule has 4 heteroatoms. The van der Waals surface area contributed by atoms with E-state index in [2.05, 4.69) is 34.9 Å². The Bertz CT molecular complexity index is 245. The van der Waals surface area contributed by atoms with Crippen LogP contribution in [-0.2, 0) is 0 Å². The molecule has 0 N–H and O–H groups in total. The number of nitrogens with zero attached hydrogens (tertiary/aromatic N) is 2. The Balaban J connectivity index is 2.97. The molecule has 0 radical (unpaired) electrons. The van der Waals surface area contributed by atoms with Crippen LogP contribution in [0.3, 0.4) is 0 Å². The first-order valence-corrected chi connectivity index (χ1v) is 4.24. The average molecular weight is 219 g/mol. The van der Waals surface area contributed by atoms with Gasteiger partial charge in [-0.3, -0.25) is 0 Å². The van der Waals surface area contributed by atoms with Crippen LogP contribution in [0.4, 0.5) is 0 Å². The molecule has 0 unspecified atom stereocenters. The smallest absolute Gasteiger partial charge is 0.106 e. The zero-order valence-corrected chi connectivity index (χ0v) is 8.42. The van der Waals surface area contributed by atoms with Crippen molar-refractivity contribution in [3.05, 3.63) is 16.4 Å². The molecule has 0 amide bonds. The summed E-state index contributed by atoms with van der Waals surface area (Å²) in [4.78, 5) is 6.35. The molecule has 0 fully saturated rings. The van der Waals surface area contributed by atoms with Gasteiger partial charge in [-0.1, -0.05) is 13.8 Å². The van der Waals surface area contributed by atoms with Gasteiger partial charge in [0.25, 0.3) is 0 Å². The van der Waals surface area contributed by atoms with Crippen molar-refractivity contribution in [2.45, 2.75) is 19.8 Å². The summed E-state index contributed by atoms with van der Waals surface area (Å²) in [5.41, 5.74) is 1.02. The van der Waals surface area contributed by atoms with Crippen LogP contribution in [0.5, 0.6) is 0 Å². The van der Waals surface area contributed by atoms with Gasteiger partial charge in [-0.15, -0.1) is 9.94 Å². The quantitative estimate of drug-likeness (QED) is 0.758. The zero-order valence-electron chi connectivity index (χ0n) is 6.84. The highest BCUT2D eigenvalue weighted by atomic mass is 79.9. The highest BCUT2D eigenvalue weighted by Crippen LogP contribution is 2.21. The second-order valence-corrected chi connectivity index (χ2v) is 3.46. The second-order valence-electron chi connectivity index (χ2n) is 2.60. The SMILES string of the molecule is COn1cc(Br)c(C(C)C)n1. The Labute approximate surface area is 74.4 Å². The average Bonchev–Trinajstić information content (AvgIpc) is 2.30. The number of hydrogen-bond acceptors (Lipinski definition) is 2. The Morgan fingerprint density at radius 3 is 2.55 bits per heavy atom. The van der Waals surface area contributed by atoms with E-state index in [-0.39, 0.29) is 0 Å². The van der Waals surface area contributed by atoms with E-state index >= 15 is 0 Å². The molecule has 62 valence electrons. The second kappa shape index (κ2) is 3.26. The van der Waals surface area contributed by atoms with Gasteiger partial charge in [-0.05, 0) is 21.8 Å². The first-order valence-electron chi connectivity index (χ1n) is 3.44. The van der Waals surface area contributed by atoms with Crippen molar-refractivity contribution in [2.75, 3.05) is 7.11 Å². The van der Waals surface area contributed by atoms with Crippen LogP contribution in [0, 0.1) is 0 Å². The number of rotatable bonds is 2. The van der Waals surface area contributed by atoms with Crippen LogP contribution in [0.1, 0.15) is 25.5 Å². The van der Waals surface area contributed by atoms with Crippen molar-refractivity contribution < 1.29 is 4.84 Å². The molecule has 0 spiro atoms. The predicted molar refractivity (Wildman–Crippen MR) is 46.5 cm³/mol. The van der Waals surface area contributed by atoms with E-state index in [4.69, 9.17) is 4.84 Å². The zero-order chi connectivity index (χ0) is 8.43. The van der Waals surface area contributed by atoms with Crippen LogP contribution < -0.4 is 4.84 Å². The van der Waals surface area contributed by atoms with Gasteiger partial charge in [0.05, 0.1) is 16.4 Å². The summed E-state index contributed by atoms with van der Waals surface area (Å²) in [5, 5.41) is 4.18. The highest BCUT2D eigenvalue weighted by Gasteiger charge is 2.09. The third-order valence-electron chi connectivity index (χ3n) is 1.41. The van der Waals surface area contributed by atoms with E-state index in [0.29, 0.717) is 5.92 Å². The highest BCUT2D eigenvalue weighted by molar-refractivity contribution is 9.10. The lowest BCUT2D eigenvalue weighted by atomic mass is 10.1. The van der Waals surface area contributed by atoms with Gasteiger partial charge in [-0.2, -0.15) is 0 Å². The van der Waals surface area contributed by atoms with Gasteiger partial charge in [0, 0.05) is 0 Å². The molecule has 0 bridgehead atoms. The molecule has 1 aromatic heterocycles. The van der Waals surface area contributed by atoms with Gasteiger partial charge < -0.3 is 4.84 Å². The third kappa shape index (κ3) is 1.74. The standard InChI is InChI=1S/C7H11BrN2O/c1-5(2)7-6(8)4-10(9-7)11-3/h4-5H,1-3H3. The minimum atomic E-state index is 0.417. The van der Waals surface area contributed by atoms with E-state index in [9.17, 15) is 0 Å². The first-order chi connectivity index (χ1) is 5.15. The van der Waals surface area contributed by atoms with Crippen molar-refractivity contribution in [1.29, 1.82) is 0 Å². The number of hydrogen-bond donors (Lipinski definition) is 0. The van der Waals surface area contributed by atoms with Crippen LogP contribution in [0.2, 0.25) is 0 Å². The fourth-order valence-electron chi connectivity index (χ4n) is 0.831. The Morgan fingerprint density at radius 1 is 1.64 bits per heavy atom. The molecule has 0 saturated carbocycles. The van der Waals surface area contributed by atoms with Gasteiger partial charge in [0.15, 0.2) is 0 Å². The minimum absolute atomic E-state index is 0.417. The van der Waals surface area contributed by atoms with Gasteiger partial charge in [0.1, 0.15) is 7.11 Å². The van der Waals surface area contributed by atoms with Crippen molar-refractivity contribution in [1.82, 2.24) is 9.94 Å². The van der Waals surface area contributed by atoms with Crippen molar-refractivity contribution in [2.24, 2.45) is 0 Å². The molecule has 1 rings (SSSR count). The predicted octanol–water partition coefficient (Wildman–Crippen LogP) is 1.83. The summed E-state index contributed by atoms with van der Waals surface area (Å²) in [6.45, 7) is 4.18. The largest absolute Gasteiger partial charge is 0.400 e. The topological polar surface area (TPSA) is 27.1 Å². The number of aromatic nitrogens is 2. The summed E-state index contributed by atoms with van der Waals surface area (Å²) in [7, 11) is 1.59. The van der Waals surface area contributed by atoms with Gasteiger partial charge >= 0.3 is 0 Å². The normalized spacial score (nSPS) is 10.6. The maximum atomic E-state index is 4.90. The number of halogens is 1. The maximum absolute atomic E-state index is 4.90. The molecule has 0 aliphatic rings. The molecule has 1 heterocycles. The van der Waals surface area contributed by atoms with Crippen LogP contribution in [-0.4, -0.2) is 17.1 Å². The van der Waals surface area contributed by atoms with E-state index in [1.165, 1.54) is 4.85 Å². The maximum Gasteiger partial charge on any atom is 0.106 e. The molecule has 0 aliphatic carbocycles. The fourth-order valence-corrected chi connectivity index (χ4v) is 1.54. The third-order valence-corrected chi connectivity index (χ3v) is 2.02. The molecule has 11 heavy (non-hydrogen) atoms. The fraction of sp³-hybridized carbons (Fsp3) is 0.571. The van der Waals surface area contributed by atoms with Crippen molar-refractivity contribution in [3.8, 4) is 0 Å². The molecule has 0 aromatic carbocycles. The molecule has 3 nitrogen and oxygen atoms in total. The Kier molecular flexibility index (Phi) is 2.54. The summed E-state index contributed by atoms with van der Waals surface area (Å²) in [6.07, 6.45) is 1.80. The minimum Gasteiger partial charge on any atom is -0.400 e. The van der Waals surface area contributed by atoms with Crippen molar-refractivity contribution >= 4 is 15.9 Å². The summed E-state index contributed by atoms with van der Waals surface area (Å²) in [5.74, 6) is 0.417. The van der Waals surface area contributed by atoms with Gasteiger partial charge in [-0.25, -0.2) is 0 Å². The first kappa shape index (κ1) is 8.59. The summed E-state index contributed by atoms with van der Waals surface area (Å²) >= 11 is 3.40. The van der Waals surface area contributed by atoms with Gasteiger partial charge in [0.2, 0.25) is 0 Å². The Morgan fingerprint density at radius 2 is 2.27 bits per heavy atom. The molecule has 0 saturated heterocycles. The van der Waals surface area contributed by atoms with Crippen LogP contribution >= 0.6 is 15.9 Å². The Hall–Kier alpha value is -0.510. The molecule has 0 atom stereocenters. The van der Waals surface area contributed by atoms with E-state index < -0.39 is 0 Å². The molecule has 1 aromatic rings. The molecular formula is C7H11BrN2O. The van der Waals surface area contributed by atoms with Crippen LogP contribution in [0.25, 0.3) is 0 Å². The molecule has 0 aliphatic heterocycles. The lowest BCUT2D eigenvalue weighted by Crippen LogP contribution is -2.06. The lowest BCUT2D eigenvalue weighted by molar-refractivity contribution is 0.132. The summed E-state index contributed by atoms with van der Waals surface area (Å²) < 4.78 is 0.995. The van der Waals surface area contributed by atoms with E-state index in [0.717, 1.165) is 10.2 Å². The van der Waals surface area contributed by atoms with E-state index in [1.807, 2.05) is 0 Å².